The number of nitrogens with one attached hydrogen (secondary N) is 1. The van der Waals surface area contributed by atoms with E-state index in [1.807, 2.05) is 0 Å². The Morgan fingerprint density at radius 2 is 1.77 bits per heavy atom. The van der Waals surface area contributed by atoms with Crippen LogP contribution in [0.25, 0.3) is 0 Å². The van der Waals surface area contributed by atoms with Gasteiger partial charge in [0.25, 0.3) is 5.91 Å². The van der Waals surface area contributed by atoms with Crippen LogP contribution >= 0.6 is 11.6 Å². The zero-order chi connectivity index (χ0) is 21.7. The zero-order valence-corrected chi connectivity index (χ0v) is 17.9. The van der Waals surface area contributed by atoms with Crippen LogP contribution in [0.5, 0.6) is 0 Å². The number of benzene rings is 1. The summed E-state index contributed by atoms with van der Waals surface area (Å²) >= 11 is 5.75. The first-order valence-corrected chi connectivity index (χ1v) is 11.3. The fraction of sp³-hybridized carbons (Fsp3) is 0.350. The van der Waals surface area contributed by atoms with Crippen LogP contribution in [0, 0.1) is 0 Å². The third-order valence-corrected chi connectivity index (χ3v) is 6.81. The lowest BCUT2D eigenvalue weighted by atomic mass is 10.2. The van der Waals surface area contributed by atoms with E-state index in [1.54, 1.807) is 6.07 Å². The average molecular weight is 452 g/mol. The van der Waals surface area contributed by atoms with Crippen molar-refractivity contribution < 1.29 is 22.7 Å². The number of esters is 1. The molecule has 0 unspecified atom stereocenters. The van der Waals surface area contributed by atoms with E-state index in [2.05, 4.69) is 10.3 Å². The second-order valence-electron chi connectivity index (χ2n) is 6.89. The van der Waals surface area contributed by atoms with E-state index in [1.165, 1.54) is 47.8 Å². The number of carbonyl (C=O) groups excluding carboxylic acids is 2. The zero-order valence-electron chi connectivity index (χ0n) is 16.4. The standard InChI is InChI=1S/C20H22ClN3O5S/c1-14(19(25)23-18-10-7-16(21)13-22-18)29-20(26)15-5-8-17(9-6-15)30(27,28)24-11-3-2-4-12-24/h5-10,13-14H,2-4,11-12H2,1H3,(H,22,23,25)/t14-/m0/s1. The van der Waals surface area contributed by atoms with Crippen molar-refractivity contribution in [3.63, 3.8) is 0 Å². The van der Waals surface area contributed by atoms with Gasteiger partial charge in [0.2, 0.25) is 10.0 Å². The second-order valence-corrected chi connectivity index (χ2v) is 9.26. The number of halogens is 1. The van der Waals surface area contributed by atoms with Crippen molar-refractivity contribution in [3.8, 4) is 0 Å². The second kappa shape index (κ2) is 9.55. The van der Waals surface area contributed by atoms with Crippen molar-refractivity contribution in [1.29, 1.82) is 0 Å². The predicted octanol–water partition coefficient (Wildman–Crippen LogP) is 3.09. The summed E-state index contributed by atoms with van der Waals surface area (Å²) in [5, 5.41) is 2.95. The molecule has 10 heteroatoms. The van der Waals surface area contributed by atoms with Crippen molar-refractivity contribution in [2.75, 3.05) is 18.4 Å². The molecular weight excluding hydrogens is 430 g/mol. The van der Waals surface area contributed by atoms with Crippen LogP contribution in [-0.2, 0) is 19.6 Å². The molecule has 1 fully saturated rings. The fourth-order valence-corrected chi connectivity index (χ4v) is 4.61. The molecule has 0 spiro atoms. The number of hydrogen-bond donors (Lipinski definition) is 1. The Morgan fingerprint density at radius 1 is 1.10 bits per heavy atom. The minimum absolute atomic E-state index is 0.126. The highest BCUT2D eigenvalue weighted by atomic mass is 35.5. The Morgan fingerprint density at radius 3 is 2.37 bits per heavy atom. The number of amides is 1. The summed E-state index contributed by atoms with van der Waals surface area (Å²) in [5.41, 5.74) is 0.150. The normalized spacial score (nSPS) is 15.9. The van der Waals surface area contributed by atoms with Crippen LogP contribution in [0.2, 0.25) is 5.02 Å². The average Bonchev–Trinajstić information content (AvgIpc) is 2.76. The summed E-state index contributed by atoms with van der Waals surface area (Å²) in [7, 11) is -3.58. The minimum Gasteiger partial charge on any atom is -0.449 e. The molecular formula is C20H22ClN3O5S. The number of ether oxygens (including phenoxy) is 1. The number of pyridine rings is 1. The molecule has 2 aromatic rings. The van der Waals surface area contributed by atoms with E-state index in [9.17, 15) is 18.0 Å². The number of hydrogen-bond acceptors (Lipinski definition) is 6. The molecule has 0 aliphatic carbocycles. The largest absolute Gasteiger partial charge is 0.449 e. The van der Waals surface area contributed by atoms with Gasteiger partial charge >= 0.3 is 5.97 Å². The first-order chi connectivity index (χ1) is 14.3. The maximum Gasteiger partial charge on any atom is 0.338 e. The topological polar surface area (TPSA) is 106 Å². The van der Waals surface area contributed by atoms with Crippen LogP contribution in [0.3, 0.4) is 0 Å². The van der Waals surface area contributed by atoms with Crippen LogP contribution < -0.4 is 5.32 Å². The maximum absolute atomic E-state index is 12.7. The lowest BCUT2D eigenvalue weighted by Gasteiger charge is -2.25. The van der Waals surface area contributed by atoms with Gasteiger partial charge in [-0.2, -0.15) is 4.31 Å². The van der Waals surface area contributed by atoms with Crippen LogP contribution in [0.1, 0.15) is 36.5 Å². The number of carbonyl (C=O) groups is 2. The Bertz CT molecular complexity index is 1000. The highest BCUT2D eigenvalue weighted by molar-refractivity contribution is 7.89. The van der Waals surface area contributed by atoms with Crippen molar-refractivity contribution >= 4 is 39.3 Å². The van der Waals surface area contributed by atoms with Gasteiger partial charge in [-0.3, -0.25) is 4.79 Å². The molecule has 1 saturated heterocycles. The number of rotatable bonds is 6. The maximum atomic E-state index is 12.7. The van der Waals surface area contributed by atoms with Crippen LogP contribution in [0.4, 0.5) is 5.82 Å². The molecule has 3 rings (SSSR count). The van der Waals surface area contributed by atoms with E-state index in [0.29, 0.717) is 18.1 Å². The molecule has 8 nitrogen and oxygen atoms in total. The SMILES string of the molecule is C[C@H](OC(=O)c1ccc(S(=O)(=O)N2CCCCC2)cc1)C(=O)Nc1ccc(Cl)cn1. The van der Waals surface area contributed by atoms with E-state index in [4.69, 9.17) is 16.3 Å². The number of aromatic nitrogens is 1. The number of anilines is 1. The Balaban J connectivity index is 1.61. The molecule has 0 bridgehead atoms. The Hall–Kier alpha value is -2.49. The molecule has 1 amide bonds. The molecule has 1 aromatic carbocycles. The molecule has 1 aromatic heterocycles. The highest BCUT2D eigenvalue weighted by Crippen LogP contribution is 2.21. The molecule has 2 heterocycles. The fourth-order valence-electron chi connectivity index (χ4n) is 2.98. The van der Waals surface area contributed by atoms with Crippen LogP contribution in [0.15, 0.2) is 47.5 Å². The van der Waals surface area contributed by atoms with Crippen molar-refractivity contribution in [3.05, 3.63) is 53.2 Å². The van der Waals surface area contributed by atoms with Crippen molar-refractivity contribution in [2.24, 2.45) is 0 Å². The highest BCUT2D eigenvalue weighted by Gasteiger charge is 2.26. The number of piperidine rings is 1. The number of nitrogens with zero attached hydrogens (tertiary/aromatic N) is 2. The van der Waals surface area contributed by atoms with E-state index >= 15 is 0 Å². The third kappa shape index (κ3) is 5.35. The summed E-state index contributed by atoms with van der Waals surface area (Å²) in [6.45, 7) is 2.43. The summed E-state index contributed by atoms with van der Waals surface area (Å²) in [6.07, 6.45) is 3.01. The van der Waals surface area contributed by atoms with Gasteiger partial charge in [0.1, 0.15) is 5.82 Å². The minimum atomic E-state index is -3.58. The summed E-state index contributed by atoms with van der Waals surface area (Å²) < 4.78 is 32.0. The van der Waals surface area contributed by atoms with Crippen molar-refractivity contribution in [1.82, 2.24) is 9.29 Å². The van der Waals surface area contributed by atoms with E-state index in [-0.39, 0.29) is 16.3 Å². The molecule has 1 aliphatic rings. The van der Waals surface area contributed by atoms with Crippen LogP contribution in [-0.4, -0.2) is 48.8 Å². The Kier molecular flexibility index (Phi) is 7.06. The molecule has 160 valence electrons. The molecule has 1 N–H and O–H groups in total. The number of sulfonamides is 1. The van der Waals surface area contributed by atoms with Crippen molar-refractivity contribution in [2.45, 2.75) is 37.2 Å². The predicted molar refractivity (Wildman–Crippen MR) is 112 cm³/mol. The first-order valence-electron chi connectivity index (χ1n) is 9.51. The lowest BCUT2D eigenvalue weighted by molar-refractivity contribution is -0.123. The molecule has 1 atom stereocenters. The van der Waals surface area contributed by atoms with Gasteiger partial charge in [-0.1, -0.05) is 18.0 Å². The Labute approximate surface area is 180 Å². The summed E-state index contributed by atoms with van der Waals surface area (Å²) in [6, 6.07) is 8.61. The smallest absolute Gasteiger partial charge is 0.338 e. The van der Waals surface area contributed by atoms with Gasteiger partial charge in [-0.05, 0) is 56.2 Å². The molecule has 0 radical (unpaired) electrons. The van der Waals surface area contributed by atoms with E-state index < -0.39 is 28.0 Å². The molecule has 0 saturated carbocycles. The van der Waals surface area contributed by atoms with Gasteiger partial charge in [0.15, 0.2) is 6.10 Å². The van der Waals surface area contributed by atoms with E-state index in [0.717, 1.165) is 19.3 Å². The lowest BCUT2D eigenvalue weighted by Crippen LogP contribution is -2.35. The first kappa shape index (κ1) is 22.2. The molecule has 30 heavy (non-hydrogen) atoms. The van der Waals surface area contributed by atoms with Gasteiger partial charge in [-0.25, -0.2) is 18.2 Å². The van der Waals surface area contributed by atoms with Gasteiger partial charge in [0, 0.05) is 19.3 Å². The third-order valence-electron chi connectivity index (χ3n) is 4.67. The molecule has 1 aliphatic heterocycles. The summed E-state index contributed by atoms with van der Waals surface area (Å²) in [5.74, 6) is -1.01. The van der Waals surface area contributed by atoms with Gasteiger partial charge in [-0.15, -0.1) is 0 Å². The van der Waals surface area contributed by atoms with Gasteiger partial charge < -0.3 is 10.1 Å². The monoisotopic (exact) mass is 451 g/mol. The van der Waals surface area contributed by atoms with Gasteiger partial charge in [0.05, 0.1) is 15.5 Å². The summed E-state index contributed by atoms with van der Waals surface area (Å²) in [4.78, 5) is 28.6. The quantitative estimate of drug-likeness (QED) is 0.676.